The van der Waals surface area contributed by atoms with Crippen LogP contribution >= 0.6 is 12.4 Å². The summed E-state index contributed by atoms with van der Waals surface area (Å²) in [5.74, 6) is 0.172. The number of nitrogens with zero attached hydrogens (tertiary/aromatic N) is 4. The van der Waals surface area contributed by atoms with Crippen LogP contribution in [-0.4, -0.2) is 44.9 Å². The highest BCUT2D eigenvalue weighted by atomic mass is 35.5. The highest BCUT2D eigenvalue weighted by Crippen LogP contribution is 2.27. The van der Waals surface area contributed by atoms with E-state index in [9.17, 15) is 4.79 Å². The van der Waals surface area contributed by atoms with Gasteiger partial charge in [-0.2, -0.15) is 0 Å². The van der Waals surface area contributed by atoms with E-state index in [0.29, 0.717) is 13.0 Å². The average Bonchev–Trinajstić information content (AvgIpc) is 2.82. The number of likely N-dealkylation sites (tertiary alicyclic amines) is 1. The molecule has 0 spiro atoms. The van der Waals surface area contributed by atoms with Crippen LogP contribution in [0, 0.1) is 5.41 Å². The molecule has 19 heavy (non-hydrogen) atoms. The third kappa shape index (κ3) is 3.91. The normalized spacial score (nSPS) is 21.8. The Bertz CT molecular complexity index is 406. The van der Waals surface area contributed by atoms with Crippen LogP contribution in [0.15, 0.2) is 12.4 Å². The number of aromatic nitrogens is 3. The Hall–Kier alpha value is -1.14. The maximum absolute atomic E-state index is 12.1. The summed E-state index contributed by atoms with van der Waals surface area (Å²) in [6, 6.07) is 0.178. The van der Waals surface area contributed by atoms with Crippen molar-refractivity contribution in [1.29, 1.82) is 0 Å². The minimum atomic E-state index is 0. The summed E-state index contributed by atoms with van der Waals surface area (Å²) < 4.78 is 1.68. The summed E-state index contributed by atoms with van der Waals surface area (Å²) in [6.07, 6.45) is 4.73. The summed E-state index contributed by atoms with van der Waals surface area (Å²) in [4.78, 5) is 14.0. The van der Waals surface area contributed by atoms with Gasteiger partial charge in [-0.3, -0.25) is 9.48 Å². The molecule has 1 saturated heterocycles. The lowest BCUT2D eigenvalue weighted by molar-refractivity contribution is -0.134. The fraction of sp³-hybridized carbons (Fsp3) is 0.750. The van der Waals surface area contributed by atoms with E-state index in [0.717, 1.165) is 19.5 Å². The first-order valence-electron chi connectivity index (χ1n) is 6.36. The monoisotopic (exact) mass is 287 g/mol. The highest BCUT2D eigenvalue weighted by molar-refractivity contribution is 5.85. The fourth-order valence-corrected chi connectivity index (χ4v) is 2.31. The van der Waals surface area contributed by atoms with Crippen molar-refractivity contribution in [1.82, 2.24) is 19.9 Å². The second-order valence-corrected chi connectivity index (χ2v) is 5.62. The Labute approximate surface area is 119 Å². The number of rotatable bonds is 3. The van der Waals surface area contributed by atoms with Crippen molar-refractivity contribution in [2.75, 3.05) is 13.1 Å². The Kier molecular flexibility index (Phi) is 5.31. The van der Waals surface area contributed by atoms with Crippen molar-refractivity contribution in [2.45, 2.75) is 39.3 Å². The van der Waals surface area contributed by atoms with Gasteiger partial charge in [0.05, 0.1) is 12.7 Å². The summed E-state index contributed by atoms with van der Waals surface area (Å²) in [5, 5.41) is 7.57. The molecule has 6 nitrogen and oxygen atoms in total. The van der Waals surface area contributed by atoms with Gasteiger partial charge in [-0.15, -0.1) is 17.5 Å². The van der Waals surface area contributed by atoms with Gasteiger partial charge in [-0.25, -0.2) is 0 Å². The van der Waals surface area contributed by atoms with Gasteiger partial charge in [0.2, 0.25) is 5.91 Å². The van der Waals surface area contributed by atoms with Crippen LogP contribution < -0.4 is 5.73 Å². The lowest BCUT2D eigenvalue weighted by Gasteiger charge is -2.42. The summed E-state index contributed by atoms with van der Waals surface area (Å²) >= 11 is 0. The minimum absolute atomic E-state index is 0. The number of aryl methyl sites for hydroxylation is 1. The molecule has 1 unspecified atom stereocenters. The van der Waals surface area contributed by atoms with Crippen LogP contribution in [0.4, 0.5) is 0 Å². The molecule has 2 N–H and O–H groups in total. The van der Waals surface area contributed by atoms with E-state index in [1.54, 1.807) is 17.1 Å². The van der Waals surface area contributed by atoms with Gasteiger partial charge in [-0.1, -0.05) is 19.1 Å². The Balaban J connectivity index is 0.00000180. The van der Waals surface area contributed by atoms with Crippen molar-refractivity contribution in [3.8, 4) is 0 Å². The van der Waals surface area contributed by atoms with Gasteiger partial charge in [0.15, 0.2) is 0 Å². The standard InChI is InChI=1S/C12H21N5O.ClH/c1-12(2)9-16(6-3-10(12)13)11(18)4-7-17-8-5-14-15-17;/h5,8,10H,3-4,6-7,9,13H2,1-2H3;1H. The van der Waals surface area contributed by atoms with Crippen molar-refractivity contribution >= 4 is 18.3 Å². The molecule has 1 aliphatic heterocycles. The number of nitrogens with two attached hydrogens (primary N) is 1. The molecule has 0 aliphatic carbocycles. The van der Waals surface area contributed by atoms with E-state index in [-0.39, 0.29) is 29.8 Å². The second kappa shape index (κ2) is 6.34. The topological polar surface area (TPSA) is 77.0 Å². The maximum Gasteiger partial charge on any atom is 0.224 e. The molecule has 1 amide bonds. The largest absolute Gasteiger partial charge is 0.342 e. The second-order valence-electron chi connectivity index (χ2n) is 5.62. The molecule has 2 heterocycles. The van der Waals surface area contributed by atoms with E-state index in [1.165, 1.54) is 0 Å². The van der Waals surface area contributed by atoms with Crippen molar-refractivity contribution in [3.05, 3.63) is 12.4 Å². The zero-order valence-corrected chi connectivity index (χ0v) is 12.3. The maximum atomic E-state index is 12.1. The molecule has 1 atom stereocenters. The van der Waals surface area contributed by atoms with Crippen LogP contribution in [0.25, 0.3) is 0 Å². The van der Waals surface area contributed by atoms with Crippen molar-refractivity contribution in [3.63, 3.8) is 0 Å². The molecule has 1 aromatic rings. The quantitative estimate of drug-likeness (QED) is 0.887. The smallest absolute Gasteiger partial charge is 0.224 e. The van der Waals surface area contributed by atoms with Crippen LogP contribution in [-0.2, 0) is 11.3 Å². The van der Waals surface area contributed by atoms with E-state index in [1.807, 2.05) is 4.90 Å². The number of carbonyl (C=O) groups excluding carboxylic acids is 1. The SMILES string of the molecule is CC1(C)CN(C(=O)CCn2ccnn2)CCC1N.Cl. The molecule has 0 aromatic carbocycles. The first-order chi connectivity index (χ1) is 8.49. The molecular formula is C12H22ClN5O. The summed E-state index contributed by atoms with van der Waals surface area (Å²) in [6.45, 7) is 6.33. The summed E-state index contributed by atoms with van der Waals surface area (Å²) in [5.41, 5.74) is 6.07. The number of carbonyl (C=O) groups is 1. The minimum Gasteiger partial charge on any atom is -0.342 e. The lowest BCUT2D eigenvalue weighted by atomic mass is 9.79. The molecule has 108 valence electrons. The number of hydrogen-bond acceptors (Lipinski definition) is 4. The third-order valence-electron chi connectivity index (χ3n) is 3.69. The van der Waals surface area contributed by atoms with Gasteiger partial charge in [0.1, 0.15) is 0 Å². The molecule has 1 aromatic heterocycles. The summed E-state index contributed by atoms with van der Waals surface area (Å²) in [7, 11) is 0. The van der Waals surface area contributed by atoms with Crippen LogP contribution in [0.3, 0.4) is 0 Å². The third-order valence-corrected chi connectivity index (χ3v) is 3.69. The average molecular weight is 288 g/mol. The number of piperidine rings is 1. The van der Waals surface area contributed by atoms with Gasteiger partial charge in [-0.05, 0) is 11.8 Å². The molecule has 2 rings (SSSR count). The predicted octanol–water partition coefficient (Wildman–Crippen LogP) is 0.676. The first kappa shape index (κ1) is 15.9. The van der Waals surface area contributed by atoms with Crippen molar-refractivity contribution in [2.24, 2.45) is 11.1 Å². The van der Waals surface area contributed by atoms with Gasteiger partial charge >= 0.3 is 0 Å². The zero-order valence-electron chi connectivity index (χ0n) is 11.5. The van der Waals surface area contributed by atoms with Crippen LogP contribution in [0.2, 0.25) is 0 Å². The van der Waals surface area contributed by atoms with Gasteiger partial charge in [0.25, 0.3) is 0 Å². The molecule has 7 heteroatoms. The van der Waals surface area contributed by atoms with Crippen molar-refractivity contribution < 1.29 is 4.79 Å². The number of hydrogen-bond donors (Lipinski definition) is 1. The first-order valence-corrected chi connectivity index (χ1v) is 6.36. The predicted molar refractivity (Wildman–Crippen MR) is 74.8 cm³/mol. The molecule has 0 radical (unpaired) electrons. The number of amides is 1. The Morgan fingerprint density at radius 3 is 2.84 bits per heavy atom. The zero-order chi connectivity index (χ0) is 13.2. The van der Waals surface area contributed by atoms with E-state index in [4.69, 9.17) is 5.73 Å². The molecule has 1 fully saturated rings. The van der Waals surface area contributed by atoms with E-state index < -0.39 is 0 Å². The molecular weight excluding hydrogens is 266 g/mol. The van der Waals surface area contributed by atoms with Gasteiger partial charge < -0.3 is 10.6 Å². The van der Waals surface area contributed by atoms with Gasteiger partial charge in [0, 0.05) is 31.7 Å². The van der Waals surface area contributed by atoms with E-state index in [2.05, 4.69) is 24.2 Å². The van der Waals surface area contributed by atoms with Crippen LogP contribution in [0.1, 0.15) is 26.7 Å². The van der Waals surface area contributed by atoms with Crippen LogP contribution in [0.5, 0.6) is 0 Å². The molecule has 0 saturated carbocycles. The lowest BCUT2D eigenvalue weighted by Crippen LogP contribution is -2.54. The number of halogens is 1. The van der Waals surface area contributed by atoms with E-state index >= 15 is 0 Å². The fourth-order valence-electron chi connectivity index (χ4n) is 2.31. The Morgan fingerprint density at radius 2 is 2.26 bits per heavy atom. The Morgan fingerprint density at radius 1 is 1.53 bits per heavy atom. The molecule has 0 bridgehead atoms. The highest BCUT2D eigenvalue weighted by Gasteiger charge is 2.34. The molecule has 1 aliphatic rings.